The minimum absolute atomic E-state index is 0.0922. The molecule has 0 aliphatic carbocycles. The van der Waals surface area contributed by atoms with Crippen LogP contribution in [0.3, 0.4) is 0 Å². The van der Waals surface area contributed by atoms with Crippen LogP contribution in [0.4, 0.5) is 0 Å². The molecule has 0 aliphatic rings. The van der Waals surface area contributed by atoms with Crippen molar-refractivity contribution in [3.8, 4) is 0 Å². The average Bonchev–Trinajstić information content (AvgIpc) is 2.20. The maximum atomic E-state index is 8.34. The highest BCUT2D eigenvalue weighted by atomic mass is 16.5. The molecule has 0 amide bonds. The van der Waals surface area contributed by atoms with E-state index < -0.39 is 0 Å². The molecular formula is C8H22N2O3. The van der Waals surface area contributed by atoms with Crippen LogP contribution in [0.15, 0.2) is 0 Å². The zero-order valence-corrected chi connectivity index (χ0v) is 8.37. The molecule has 0 saturated carbocycles. The Morgan fingerprint density at radius 2 is 1.54 bits per heavy atom. The lowest BCUT2D eigenvalue weighted by molar-refractivity contribution is 0.0324. The van der Waals surface area contributed by atoms with Crippen molar-refractivity contribution < 1.29 is 14.6 Å². The number of aliphatic hydroxyl groups excluding tert-OH is 1. The molecular weight excluding hydrogens is 172 g/mol. The molecule has 0 radical (unpaired) electrons. The van der Waals surface area contributed by atoms with Gasteiger partial charge in [-0.2, -0.15) is 0 Å². The van der Waals surface area contributed by atoms with Crippen LogP contribution in [0.25, 0.3) is 0 Å². The first-order valence-electron chi connectivity index (χ1n) is 4.51. The van der Waals surface area contributed by atoms with Gasteiger partial charge >= 0.3 is 0 Å². The lowest BCUT2D eigenvalue weighted by atomic mass is 10.4. The molecule has 0 unspecified atom stereocenters. The number of aliphatic hydroxyl groups is 1. The van der Waals surface area contributed by atoms with E-state index in [9.17, 15) is 0 Å². The van der Waals surface area contributed by atoms with Crippen molar-refractivity contribution in [3.05, 3.63) is 0 Å². The molecule has 0 saturated heterocycles. The number of hydrazine groups is 1. The summed E-state index contributed by atoms with van der Waals surface area (Å²) in [6, 6.07) is 0. The van der Waals surface area contributed by atoms with E-state index in [1.807, 2.05) is 0 Å². The van der Waals surface area contributed by atoms with Gasteiger partial charge in [0.1, 0.15) is 0 Å². The molecule has 0 bridgehead atoms. The van der Waals surface area contributed by atoms with Crippen molar-refractivity contribution in [2.24, 2.45) is 11.7 Å². The van der Waals surface area contributed by atoms with Crippen molar-refractivity contribution in [2.75, 3.05) is 33.0 Å². The predicted molar refractivity (Wildman–Crippen MR) is 52.0 cm³/mol. The van der Waals surface area contributed by atoms with E-state index in [-0.39, 0.29) is 6.61 Å². The second kappa shape index (κ2) is 17.8. The van der Waals surface area contributed by atoms with Gasteiger partial charge < -0.3 is 14.6 Å². The summed E-state index contributed by atoms with van der Waals surface area (Å²) in [6.07, 6.45) is 2.28. The Labute approximate surface area is 80.0 Å². The van der Waals surface area contributed by atoms with Gasteiger partial charge in [0.2, 0.25) is 0 Å². The van der Waals surface area contributed by atoms with Gasteiger partial charge in [0.25, 0.3) is 0 Å². The SMILES string of the molecule is CCCCOCCOCCO.NN. The van der Waals surface area contributed by atoms with Gasteiger partial charge in [-0.1, -0.05) is 13.3 Å². The van der Waals surface area contributed by atoms with Crippen molar-refractivity contribution in [1.82, 2.24) is 0 Å². The summed E-state index contributed by atoms with van der Waals surface area (Å²) in [5, 5.41) is 8.34. The third-order valence-corrected chi connectivity index (χ3v) is 1.25. The fraction of sp³-hybridized carbons (Fsp3) is 1.00. The molecule has 0 atom stereocenters. The predicted octanol–water partition coefficient (Wildman–Crippen LogP) is -0.369. The van der Waals surface area contributed by atoms with E-state index in [1.165, 1.54) is 0 Å². The Hall–Kier alpha value is -0.200. The monoisotopic (exact) mass is 194 g/mol. The minimum atomic E-state index is 0.0922. The second-order valence-electron chi connectivity index (χ2n) is 2.30. The largest absolute Gasteiger partial charge is 0.394 e. The standard InChI is InChI=1S/C8H18O3.H4N2/c1-2-3-5-10-7-8-11-6-4-9;1-2/h9H,2-8H2,1H3;1-2H2. The summed E-state index contributed by atoms with van der Waals surface area (Å²) in [6.45, 7) is 4.68. The molecule has 5 N–H and O–H groups in total. The normalized spacial score (nSPS) is 9.23. The molecule has 0 spiro atoms. The number of nitrogens with two attached hydrogens (primary N) is 2. The average molecular weight is 194 g/mol. The smallest absolute Gasteiger partial charge is 0.0701 e. The van der Waals surface area contributed by atoms with Crippen LogP contribution < -0.4 is 11.7 Å². The van der Waals surface area contributed by atoms with Crippen molar-refractivity contribution >= 4 is 0 Å². The Morgan fingerprint density at radius 3 is 2.00 bits per heavy atom. The molecule has 5 nitrogen and oxygen atoms in total. The van der Waals surface area contributed by atoms with E-state index in [0.29, 0.717) is 19.8 Å². The van der Waals surface area contributed by atoms with Crippen molar-refractivity contribution in [1.29, 1.82) is 0 Å². The molecule has 0 aromatic heterocycles. The number of unbranched alkanes of at least 4 members (excludes halogenated alkanes) is 1. The van der Waals surface area contributed by atoms with Crippen LogP contribution in [-0.2, 0) is 9.47 Å². The highest BCUT2D eigenvalue weighted by molar-refractivity contribution is 4.33. The van der Waals surface area contributed by atoms with Crippen LogP contribution in [0, 0.1) is 0 Å². The summed E-state index contributed by atoms with van der Waals surface area (Å²) < 4.78 is 10.2. The third-order valence-electron chi connectivity index (χ3n) is 1.25. The third kappa shape index (κ3) is 18.6. The molecule has 82 valence electrons. The van der Waals surface area contributed by atoms with Gasteiger partial charge in [-0.15, -0.1) is 0 Å². The summed E-state index contributed by atoms with van der Waals surface area (Å²) in [4.78, 5) is 0. The number of ether oxygens (including phenoxy) is 2. The van der Waals surface area contributed by atoms with Gasteiger partial charge in [0.05, 0.1) is 26.4 Å². The minimum Gasteiger partial charge on any atom is -0.394 e. The Morgan fingerprint density at radius 1 is 1.00 bits per heavy atom. The van der Waals surface area contributed by atoms with E-state index >= 15 is 0 Å². The lowest BCUT2D eigenvalue weighted by Gasteiger charge is -2.02. The Bertz CT molecular complexity index is 66.4. The van der Waals surface area contributed by atoms with Crippen LogP contribution in [0.1, 0.15) is 19.8 Å². The van der Waals surface area contributed by atoms with Crippen molar-refractivity contribution in [2.45, 2.75) is 19.8 Å². The second-order valence-corrected chi connectivity index (χ2v) is 2.30. The van der Waals surface area contributed by atoms with Crippen molar-refractivity contribution in [3.63, 3.8) is 0 Å². The highest BCUT2D eigenvalue weighted by Gasteiger charge is 1.87. The molecule has 0 heterocycles. The Kier molecular flexibility index (Phi) is 20.9. The quantitative estimate of drug-likeness (QED) is 0.278. The molecule has 0 aromatic carbocycles. The van der Waals surface area contributed by atoms with Crippen LogP contribution >= 0.6 is 0 Å². The topological polar surface area (TPSA) is 90.7 Å². The first kappa shape index (κ1) is 15.3. The van der Waals surface area contributed by atoms with Crippen LogP contribution in [-0.4, -0.2) is 38.1 Å². The van der Waals surface area contributed by atoms with Crippen LogP contribution in [0.5, 0.6) is 0 Å². The maximum absolute atomic E-state index is 8.34. The van der Waals surface area contributed by atoms with E-state index in [0.717, 1.165) is 19.4 Å². The number of rotatable bonds is 8. The van der Waals surface area contributed by atoms with Crippen LogP contribution in [0.2, 0.25) is 0 Å². The zero-order chi connectivity index (χ0) is 10.4. The van der Waals surface area contributed by atoms with Gasteiger partial charge in [-0.05, 0) is 6.42 Å². The van der Waals surface area contributed by atoms with Gasteiger partial charge in [-0.25, -0.2) is 0 Å². The first-order chi connectivity index (χ1) is 6.41. The first-order valence-corrected chi connectivity index (χ1v) is 4.51. The molecule has 0 aromatic rings. The summed E-state index contributed by atoms with van der Waals surface area (Å²) >= 11 is 0. The van der Waals surface area contributed by atoms with E-state index in [2.05, 4.69) is 18.6 Å². The maximum Gasteiger partial charge on any atom is 0.0701 e. The van der Waals surface area contributed by atoms with E-state index in [1.54, 1.807) is 0 Å². The number of hydrogen-bond acceptors (Lipinski definition) is 5. The fourth-order valence-electron chi connectivity index (χ4n) is 0.633. The summed E-state index contributed by atoms with van der Waals surface area (Å²) in [5.74, 6) is 8.00. The zero-order valence-electron chi connectivity index (χ0n) is 8.37. The summed E-state index contributed by atoms with van der Waals surface area (Å²) in [5.41, 5.74) is 0. The molecule has 0 fully saturated rings. The lowest BCUT2D eigenvalue weighted by Crippen LogP contribution is -2.07. The molecule has 0 rings (SSSR count). The van der Waals surface area contributed by atoms with Gasteiger partial charge in [0, 0.05) is 6.61 Å². The molecule has 13 heavy (non-hydrogen) atoms. The summed E-state index contributed by atoms with van der Waals surface area (Å²) in [7, 11) is 0. The number of hydrogen-bond donors (Lipinski definition) is 3. The fourth-order valence-corrected chi connectivity index (χ4v) is 0.633. The Balaban J connectivity index is 0. The molecule has 5 heteroatoms. The van der Waals surface area contributed by atoms with Gasteiger partial charge in [-0.3, -0.25) is 11.7 Å². The molecule has 0 aliphatic heterocycles. The van der Waals surface area contributed by atoms with E-state index in [4.69, 9.17) is 14.6 Å². The van der Waals surface area contributed by atoms with Gasteiger partial charge in [0.15, 0.2) is 0 Å². The highest BCUT2D eigenvalue weighted by Crippen LogP contribution is 1.87.